The minimum atomic E-state index is -0.0230. The number of phenols is 2. The number of Topliss-reactive ketones (excluding diaryl/α,β-unsaturated/α-hetero) is 1. The molecule has 166 valence electrons. The molecule has 7 heteroatoms. The topological polar surface area (TPSA) is 79.2 Å². The number of hydrogen-bond acceptors (Lipinski definition) is 6. The number of likely N-dealkylation sites (tertiary alicyclic amines) is 1. The molecule has 2 aromatic rings. The number of carbonyl (C=O) groups excluding carboxylic acids is 1. The summed E-state index contributed by atoms with van der Waals surface area (Å²) in [5.41, 5.74) is 2.90. The van der Waals surface area contributed by atoms with Crippen molar-refractivity contribution in [1.82, 2.24) is 4.90 Å². The number of phenolic OH excluding ortho intramolecular Hbond substituents is 2. The van der Waals surface area contributed by atoms with Gasteiger partial charge in [-0.1, -0.05) is 12.1 Å². The van der Waals surface area contributed by atoms with E-state index in [4.69, 9.17) is 9.47 Å². The molecule has 31 heavy (non-hydrogen) atoms. The van der Waals surface area contributed by atoms with E-state index in [9.17, 15) is 15.0 Å². The lowest BCUT2D eigenvalue weighted by Crippen LogP contribution is -3.00. The van der Waals surface area contributed by atoms with Crippen molar-refractivity contribution in [2.75, 3.05) is 33.4 Å². The molecule has 1 aliphatic rings. The third-order valence-corrected chi connectivity index (χ3v) is 4.71. The fourth-order valence-electron chi connectivity index (χ4n) is 3.40. The van der Waals surface area contributed by atoms with E-state index >= 15 is 0 Å². The second-order valence-electron chi connectivity index (χ2n) is 7.16. The van der Waals surface area contributed by atoms with Gasteiger partial charge in [0.2, 0.25) is 0 Å². The lowest BCUT2D eigenvalue weighted by Gasteiger charge is -2.26. The van der Waals surface area contributed by atoms with E-state index in [1.807, 2.05) is 33.0 Å². The fraction of sp³-hybridized carbons (Fsp3) is 0.292. The lowest BCUT2D eigenvalue weighted by molar-refractivity contribution is -0.113. The second-order valence-corrected chi connectivity index (χ2v) is 7.16. The van der Waals surface area contributed by atoms with Crippen molar-refractivity contribution in [1.29, 1.82) is 0 Å². The minimum absolute atomic E-state index is 0. The largest absolute Gasteiger partial charge is 1.00 e. The summed E-state index contributed by atoms with van der Waals surface area (Å²) in [5, 5.41) is 19.8. The van der Waals surface area contributed by atoms with Crippen LogP contribution in [-0.2, 0) is 4.79 Å². The summed E-state index contributed by atoms with van der Waals surface area (Å²) < 4.78 is 10.9. The Hall–Kier alpha value is -2.96. The molecule has 0 saturated carbocycles. The maximum atomic E-state index is 13.1. The van der Waals surface area contributed by atoms with Crippen molar-refractivity contribution >= 4 is 17.9 Å². The van der Waals surface area contributed by atoms with Gasteiger partial charge in [-0.05, 0) is 68.4 Å². The Morgan fingerprint density at radius 2 is 1.29 bits per heavy atom. The molecule has 0 spiro atoms. The van der Waals surface area contributed by atoms with Crippen LogP contribution in [0.25, 0.3) is 12.2 Å². The van der Waals surface area contributed by atoms with Crippen LogP contribution in [-0.4, -0.2) is 54.2 Å². The van der Waals surface area contributed by atoms with Crippen molar-refractivity contribution in [3.05, 3.63) is 58.7 Å². The Labute approximate surface area is 188 Å². The van der Waals surface area contributed by atoms with Crippen LogP contribution in [0.4, 0.5) is 0 Å². The summed E-state index contributed by atoms with van der Waals surface area (Å²) in [6.45, 7) is 5.64. The van der Waals surface area contributed by atoms with Gasteiger partial charge in [-0.2, -0.15) is 0 Å². The fourth-order valence-corrected chi connectivity index (χ4v) is 3.40. The van der Waals surface area contributed by atoms with Crippen LogP contribution in [0.3, 0.4) is 0 Å². The Morgan fingerprint density at radius 1 is 0.871 bits per heavy atom. The number of benzene rings is 2. The number of hydrogen-bond donors (Lipinski definition) is 2. The Morgan fingerprint density at radius 3 is 1.68 bits per heavy atom. The van der Waals surface area contributed by atoms with E-state index in [0.717, 1.165) is 11.1 Å². The van der Waals surface area contributed by atoms with Crippen molar-refractivity contribution in [2.45, 2.75) is 13.8 Å². The van der Waals surface area contributed by atoms with E-state index < -0.39 is 0 Å². The van der Waals surface area contributed by atoms with Crippen molar-refractivity contribution in [3.8, 4) is 23.0 Å². The number of piperidine rings is 1. The first-order valence-corrected chi connectivity index (χ1v) is 9.97. The van der Waals surface area contributed by atoms with Gasteiger partial charge in [-0.3, -0.25) is 9.69 Å². The number of aromatic hydroxyl groups is 2. The summed E-state index contributed by atoms with van der Waals surface area (Å²) in [6.07, 6.45) is 3.66. The molecular formula is C24H27ClNO5-. The van der Waals surface area contributed by atoms with Crippen LogP contribution in [0.15, 0.2) is 47.5 Å². The molecule has 2 N–H and O–H groups in total. The molecule has 0 aliphatic carbocycles. The number of rotatable bonds is 6. The molecule has 3 rings (SSSR count). The Kier molecular flexibility index (Phi) is 8.54. The third-order valence-electron chi connectivity index (χ3n) is 4.71. The predicted molar refractivity (Wildman–Crippen MR) is 117 cm³/mol. The van der Waals surface area contributed by atoms with Crippen LogP contribution < -0.4 is 21.9 Å². The van der Waals surface area contributed by atoms with E-state index in [2.05, 4.69) is 4.90 Å². The first kappa shape index (κ1) is 24.3. The van der Waals surface area contributed by atoms with Crippen LogP contribution in [0, 0.1) is 0 Å². The molecule has 0 unspecified atom stereocenters. The SMILES string of the molecule is CCOc1cc(/C=C2\CN(C)C/C(=C\c3ccc(O)c(OCC)c3)C2=O)ccc1O.[Cl-]. The molecule has 1 aliphatic heterocycles. The van der Waals surface area contributed by atoms with E-state index in [-0.39, 0.29) is 29.7 Å². The highest BCUT2D eigenvalue weighted by atomic mass is 35.5. The molecule has 1 saturated heterocycles. The van der Waals surface area contributed by atoms with Gasteiger partial charge < -0.3 is 32.1 Å². The van der Waals surface area contributed by atoms with Gasteiger partial charge >= 0.3 is 0 Å². The molecule has 0 bridgehead atoms. The van der Waals surface area contributed by atoms with E-state index in [0.29, 0.717) is 48.9 Å². The van der Waals surface area contributed by atoms with E-state index in [1.165, 1.54) is 0 Å². The molecule has 1 heterocycles. The van der Waals surface area contributed by atoms with Crippen molar-refractivity contribution in [3.63, 3.8) is 0 Å². The first-order chi connectivity index (χ1) is 14.4. The summed E-state index contributed by atoms with van der Waals surface area (Å²) in [7, 11) is 1.96. The third kappa shape index (κ3) is 6.03. The smallest absolute Gasteiger partial charge is 0.187 e. The predicted octanol–water partition coefficient (Wildman–Crippen LogP) is 0.881. The molecule has 0 radical (unpaired) electrons. The van der Waals surface area contributed by atoms with Gasteiger partial charge in [-0.25, -0.2) is 0 Å². The zero-order valence-electron chi connectivity index (χ0n) is 17.9. The monoisotopic (exact) mass is 444 g/mol. The molecule has 0 atom stereocenters. The number of nitrogens with zero attached hydrogens (tertiary/aromatic N) is 1. The number of ketones is 1. The van der Waals surface area contributed by atoms with E-state index in [1.54, 1.807) is 36.4 Å². The molecule has 1 fully saturated rings. The highest BCUT2D eigenvalue weighted by molar-refractivity contribution is 6.14. The average Bonchev–Trinajstić information content (AvgIpc) is 2.71. The summed E-state index contributed by atoms with van der Waals surface area (Å²) in [4.78, 5) is 15.2. The normalized spacial score (nSPS) is 16.9. The molecule has 0 aromatic heterocycles. The summed E-state index contributed by atoms with van der Waals surface area (Å²) in [6, 6.07) is 10.1. The van der Waals surface area contributed by atoms with Crippen LogP contribution in [0.5, 0.6) is 23.0 Å². The van der Waals surface area contributed by atoms with Gasteiger partial charge in [0, 0.05) is 24.2 Å². The van der Waals surface area contributed by atoms with Gasteiger partial charge in [0.15, 0.2) is 28.8 Å². The van der Waals surface area contributed by atoms with Gasteiger partial charge in [0.1, 0.15) is 0 Å². The van der Waals surface area contributed by atoms with Crippen LogP contribution >= 0.6 is 0 Å². The summed E-state index contributed by atoms with van der Waals surface area (Å²) in [5.74, 6) is 0.914. The Bertz CT molecular complexity index is 922. The number of ether oxygens (including phenoxy) is 2. The number of halogens is 1. The lowest BCUT2D eigenvalue weighted by atomic mass is 9.94. The minimum Gasteiger partial charge on any atom is -1.00 e. The standard InChI is InChI=1S/C24H27NO5.ClH/c1-4-29-22-12-16(6-8-20(22)26)10-18-14-25(3)15-19(24(18)28)11-17-7-9-21(27)23(13-17)30-5-2;/h6-13,26-27H,4-5,14-15H2,1-3H3;1H/p-1/b18-10+,19-11+;. The van der Waals surface area contributed by atoms with Gasteiger partial charge in [0.25, 0.3) is 0 Å². The summed E-state index contributed by atoms with van der Waals surface area (Å²) >= 11 is 0. The number of carbonyl (C=O) groups is 1. The van der Waals surface area contributed by atoms with Gasteiger partial charge in [-0.15, -0.1) is 0 Å². The van der Waals surface area contributed by atoms with Crippen molar-refractivity contribution < 1.29 is 36.9 Å². The molecule has 2 aromatic carbocycles. The van der Waals surface area contributed by atoms with Crippen LogP contribution in [0.2, 0.25) is 0 Å². The second kappa shape index (κ2) is 10.9. The Balaban J connectivity index is 0.00000341. The first-order valence-electron chi connectivity index (χ1n) is 9.97. The number of likely N-dealkylation sites (N-methyl/N-ethyl adjacent to an activating group) is 1. The quantitative estimate of drug-likeness (QED) is 0.644. The maximum absolute atomic E-state index is 13.1. The molecule has 6 nitrogen and oxygen atoms in total. The zero-order valence-corrected chi connectivity index (χ0v) is 18.6. The highest BCUT2D eigenvalue weighted by Crippen LogP contribution is 2.30. The van der Waals surface area contributed by atoms with Crippen molar-refractivity contribution in [2.24, 2.45) is 0 Å². The molecule has 0 amide bonds. The van der Waals surface area contributed by atoms with Gasteiger partial charge in [0.05, 0.1) is 13.2 Å². The van der Waals surface area contributed by atoms with Crippen LogP contribution in [0.1, 0.15) is 25.0 Å². The average molecular weight is 445 g/mol. The molecular weight excluding hydrogens is 418 g/mol. The maximum Gasteiger partial charge on any atom is 0.187 e. The zero-order chi connectivity index (χ0) is 21.7. The highest BCUT2D eigenvalue weighted by Gasteiger charge is 2.24.